The summed E-state index contributed by atoms with van der Waals surface area (Å²) in [5, 5.41) is 0. The van der Waals surface area contributed by atoms with Gasteiger partial charge in [-0.25, -0.2) is 13.1 Å². The van der Waals surface area contributed by atoms with E-state index in [1.54, 1.807) is 12.1 Å². The van der Waals surface area contributed by atoms with Gasteiger partial charge in [-0.2, -0.15) is 0 Å². The monoisotopic (exact) mass is 227 g/mol. The van der Waals surface area contributed by atoms with Gasteiger partial charge in [0.15, 0.2) is 0 Å². The van der Waals surface area contributed by atoms with E-state index in [9.17, 15) is 13.2 Å². The topological polar surface area (TPSA) is 63.2 Å². The second kappa shape index (κ2) is 4.55. The van der Waals surface area contributed by atoms with Gasteiger partial charge in [-0.05, 0) is 26.0 Å². The first kappa shape index (κ1) is 11.9. The number of aldehydes is 1. The minimum absolute atomic E-state index is 0.168. The van der Waals surface area contributed by atoms with E-state index in [2.05, 4.69) is 4.72 Å². The molecule has 1 rings (SSSR count). The molecule has 5 heteroatoms. The van der Waals surface area contributed by atoms with Crippen molar-refractivity contribution >= 4 is 16.3 Å². The molecule has 0 fully saturated rings. The Morgan fingerprint density at radius 3 is 2.27 bits per heavy atom. The Kier molecular flexibility index (Phi) is 3.60. The Hall–Kier alpha value is -1.20. The largest absolute Gasteiger partial charge is 0.302 e. The van der Waals surface area contributed by atoms with E-state index in [0.717, 1.165) is 5.56 Å². The van der Waals surface area contributed by atoms with Crippen LogP contribution in [0.25, 0.3) is 0 Å². The average molecular weight is 227 g/mol. The van der Waals surface area contributed by atoms with Crippen molar-refractivity contribution in [2.24, 2.45) is 0 Å². The lowest BCUT2D eigenvalue weighted by Crippen LogP contribution is -2.33. The highest BCUT2D eigenvalue weighted by molar-refractivity contribution is 7.89. The van der Waals surface area contributed by atoms with E-state index in [1.807, 2.05) is 6.92 Å². The summed E-state index contributed by atoms with van der Waals surface area (Å²) in [6, 6.07) is 5.72. The highest BCUT2D eigenvalue weighted by Crippen LogP contribution is 2.09. The molecular weight excluding hydrogens is 214 g/mol. The lowest BCUT2D eigenvalue weighted by atomic mass is 10.2. The summed E-state index contributed by atoms with van der Waals surface area (Å²) in [4.78, 5) is 10.5. The molecular formula is C10H13NO3S. The molecule has 0 bridgehead atoms. The van der Waals surface area contributed by atoms with Crippen molar-refractivity contribution in [3.63, 3.8) is 0 Å². The molecule has 0 saturated heterocycles. The Morgan fingerprint density at radius 1 is 1.27 bits per heavy atom. The molecule has 1 atom stereocenters. The maximum absolute atomic E-state index is 11.6. The zero-order chi connectivity index (χ0) is 11.5. The predicted octanol–water partition coefficient (Wildman–Crippen LogP) is 0.861. The molecule has 1 N–H and O–H groups in total. The van der Waals surface area contributed by atoms with Crippen LogP contribution in [0.3, 0.4) is 0 Å². The zero-order valence-electron chi connectivity index (χ0n) is 8.60. The number of hydrogen-bond acceptors (Lipinski definition) is 3. The summed E-state index contributed by atoms with van der Waals surface area (Å²) in [6.45, 7) is 3.36. The number of carbonyl (C=O) groups excluding carboxylic acids is 1. The minimum atomic E-state index is -3.57. The lowest BCUT2D eigenvalue weighted by Gasteiger charge is -2.08. The quantitative estimate of drug-likeness (QED) is 0.776. The van der Waals surface area contributed by atoms with E-state index in [-0.39, 0.29) is 4.90 Å². The Labute approximate surface area is 89.4 Å². The standard InChI is InChI=1S/C10H13NO3S/c1-8-3-5-10(6-4-8)15(13,14)11-9(2)7-12/h3-7,9,11H,1-2H3/t9-/m0/s1. The molecule has 0 aliphatic heterocycles. The molecule has 0 spiro atoms. The molecule has 0 heterocycles. The Morgan fingerprint density at radius 2 is 1.80 bits per heavy atom. The molecule has 15 heavy (non-hydrogen) atoms. The van der Waals surface area contributed by atoms with Crippen LogP contribution in [0.2, 0.25) is 0 Å². The SMILES string of the molecule is Cc1ccc(S(=O)(=O)N[C@@H](C)C=O)cc1. The predicted molar refractivity (Wildman–Crippen MR) is 57.0 cm³/mol. The van der Waals surface area contributed by atoms with Crippen molar-refractivity contribution in [1.29, 1.82) is 0 Å². The van der Waals surface area contributed by atoms with Crippen molar-refractivity contribution in [2.45, 2.75) is 24.8 Å². The van der Waals surface area contributed by atoms with Gasteiger partial charge >= 0.3 is 0 Å². The third-order valence-corrected chi connectivity index (χ3v) is 3.45. The lowest BCUT2D eigenvalue weighted by molar-refractivity contribution is -0.108. The van der Waals surface area contributed by atoms with Crippen LogP contribution in [-0.2, 0) is 14.8 Å². The van der Waals surface area contributed by atoms with E-state index >= 15 is 0 Å². The van der Waals surface area contributed by atoms with Crippen LogP contribution in [-0.4, -0.2) is 20.7 Å². The normalized spacial score (nSPS) is 13.5. The maximum atomic E-state index is 11.6. The number of rotatable bonds is 4. The third-order valence-electron chi connectivity index (χ3n) is 1.88. The molecule has 0 radical (unpaired) electrons. The zero-order valence-corrected chi connectivity index (χ0v) is 9.41. The second-order valence-corrected chi connectivity index (χ2v) is 5.07. The molecule has 82 valence electrons. The van der Waals surface area contributed by atoms with Crippen molar-refractivity contribution in [3.8, 4) is 0 Å². The molecule has 0 amide bonds. The first-order valence-electron chi connectivity index (χ1n) is 4.50. The van der Waals surface area contributed by atoms with Gasteiger partial charge in [0.05, 0.1) is 10.9 Å². The summed E-state index contributed by atoms with van der Waals surface area (Å²) in [6.07, 6.45) is 0.547. The summed E-state index contributed by atoms with van der Waals surface area (Å²) >= 11 is 0. The van der Waals surface area contributed by atoms with E-state index in [4.69, 9.17) is 0 Å². The molecule has 4 nitrogen and oxygen atoms in total. The molecule has 0 unspecified atom stereocenters. The van der Waals surface area contributed by atoms with Crippen LogP contribution < -0.4 is 4.72 Å². The van der Waals surface area contributed by atoms with Gasteiger partial charge in [0.25, 0.3) is 0 Å². The number of nitrogens with one attached hydrogen (secondary N) is 1. The Bertz CT molecular complexity index is 436. The minimum Gasteiger partial charge on any atom is -0.302 e. The molecule has 0 saturated carbocycles. The second-order valence-electron chi connectivity index (χ2n) is 3.36. The molecule has 0 aromatic heterocycles. The van der Waals surface area contributed by atoms with Gasteiger partial charge in [-0.1, -0.05) is 17.7 Å². The van der Waals surface area contributed by atoms with Crippen LogP contribution in [0.15, 0.2) is 29.2 Å². The van der Waals surface area contributed by atoms with E-state index in [1.165, 1.54) is 19.1 Å². The van der Waals surface area contributed by atoms with Crippen molar-refractivity contribution in [2.75, 3.05) is 0 Å². The van der Waals surface area contributed by atoms with Crippen molar-refractivity contribution in [1.82, 2.24) is 4.72 Å². The molecule has 1 aromatic rings. The van der Waals surface area contributed by atoms with E-state index in [0.29, 0.717) is 6.29 Å². The van der Waals surface area contributed by atoms with Gasteiger partial charge in [0.2, 0.25) is 10.0 Å². The van der Waals surface area contributed by atoms with Gasteiger partial charge in [0.1, 0.15) is 6.29 Å². The van der Waals surface area contributed by atoms with Crippen LogP contribution >= 0.6 is 0 Å². The third kappa shape index (κ3) is 3.14. The number of carbonyl (C=O) groups is 1. The van der Waals surface area contributed by atoms with Crippen LogP contribution in [0.4, 0.5) is 0 Å². The first-order chi connectivity index (χ1) is 6.95. The highest BCUT2D eigenvalue weighted by Gasteiger charge is 2.16. The van der Waals surface area contributed by atoms with Crippen LogP contribution in [0.5, 0.6) is 0 Å². The van der Waals surface area contributed by atoms with Crippen LogP contribution in [0, 0.1) is 6.92 Å². The highest BCUT2D eigenvalue weighted by atomic mass is 32.2. The molecule has 0 aliphatic carbocycles. The smallest absolute Gasteiger partial charge is 0.241 e. The van der Waals surface area contributed by atoms with Crippen molar-refractivity contribution in [3.05, 3.63) is 29.8 Å². The van der Waals surface area contributed by atoms with Gasteiger partial charge in [-0.15, -0.1) is 0 Å². The fourth-order valence-electron chi connectivity index (χ4n) is 1.06. The van der Waals surface area contributed by atoms with E-state index < -0.39 is 16.1 Å². The fourth-order valence-corrected chi connectivity index (χ4v) is 2.23. The van der Waals surface area contributed by atoms with Crippen molar-refractivity contribution < 1.29 is 13.2 Å². The first-order valence-corrected chi connectivity index (χ1v) is 5.98. The van der Waals surface area contributed by atoms with Crippen LogP contribution in [0.1, 0.15) is 12.5 Å². The summed E-state index contributed by atoms with van der Waals surface area (Å²) in [5.74, 6) is 0. The Balaban J connectivity index is 2.96. The number of sulfonamides is 1. The van der Waals surface area contributed by atoms with Gasteiger partial charge in [0, 0.05) is 0 Å². The van der Waals surface area contributed by atoms with Gasteiger partial charge < -0.3 is 4.79 Å². The molecule has 1 aromatic carbocycles. The summed E-state index contributed by atoms with van der Waals surface area (Å²) < 4.78 is 25.5. The fraction of sp³-hybridized carbons (Fsp3) is 0.300. The average Bonchev–Trinajstić information content (AvgIpc) is 2.17. The maximum Gasteiger partial charge on any atom is 0.241 e. The summed E-state index contributed by atoms with van der Waals surface area (Å²) in [5.41, 5.74) is 0.984. The summed E-state index contributed by atoms with van der Waals surface area (Å²) in [7, 11) is -3.57. The number of hydrogen-bond donors (Lipinski definition) is 1. The molecule has 0 aliphatic rings. The number of benzene rings is 1. The number of aryl methyl sites for hydroxylation is 1. The van der Waals surface area contributed by atoms with Gasteiger partial charge in [-0.3, -0.25) is 0 Å².